The zero-order chi connectivity index (χ0) is 13.8. The monoisotopic (exact) mass is 262 g/mol. The van der Waals surface area contributed by atoms with Crippen molar-refractivity contribution in [2.24, 2.45) is 0 Å². The fourth-order valence-corrected chi connectivity index (χ4v) is 2.47. The Kier molecular flexibility index (Phi) is 4.56. The molecule has 0 unspecified atom stereocenters. The minimum atomic E-state index is -0.378. The molecule has 4 nitrogen and oxygen atoms in total. The van der Waals surface area contributed by atoms with E-state index in [1.165, 1.54) is 16.7 Å². The number of carbonyl (C=O) groups excluding carboxylic acids is 1. The smallest absolute Gasteiger partial charge is 0.248 e. The molecule has 1 amide bonds. The second-order valence-corrected chi connectivity index (χ2v) is 5.24. The number of aliphatic hydroxyl groups is 1. The first-order valence-electron chi connectivity index (χ1n) is 6.77. The van der Waals surface area contributed by atoms with Gasteiger partial charge in [0.25, 0.3) is 0 Å². The maximum Gasteiger partial charge on any atom is 0.248 e. The summed E-state index contributed by atoms with van der Waals surface area (Å²) in [4.78, 5) is 15.5. The molecule has 19 heavy (non-hydrogen) atoms. The van der Waals surface area contributed by atoms with Crippen LogP contribution in [0.4, 0.5) is 0 Å². The number of rotatable bonds is 3. The molecule has 1 aliphatic heterocycles. The van der Waals surface area contributed by atoms with Crippen molar-refractivity contribution in [3.05, 3.63) is 34.9 Å². The van der Waals surface area contributed by atoms with Crippen molar-refractivity contribution in [3.8, 4) is 0 Å². The summed E-state index contributed by atoms with van der Waals surface area (Å²) in [6.07, 6.45) is 0. The molecule has 1 aromatic carbocycles. The highest BCUT2D eigenvalue weighted by molar-refractivity contribution is 5.77. The molecular formula is C15H22N2O2. The molecular weight excluding hydrogens is 240 g/mol. The average Bonchev–Trinajstić information content (AvgIpc) is 2.43. The van der Waals surface area contributed by atoms with Gasteiger partial charge in [0, 0.05) is 32.7 Å². The zero-order valence-corrected chi connectivity index (χ0v) is 11.7. The van der Waals surface area contributed by atoms with Crippen molar-refractivity contribution in [1.29, 1.82) is 0 Å². The fraction of sp³-hybridized carbons (Fsp3) is 0.533. The third-order valence-electron chi connectivity index (χ3n) is 3.76. The summed E-state index contributed by atoms with van der Waals surface area (Å²) in [6.45, 7) is 7.99. The maximum absolute atomic E-state index is 11.4. The van der Waals surface area contributed by atoms with Crippen LogP contribution in [0.5, 0.6) is 0 Å². The molecule has 1 aromatic rings. The van der Waals surface area contributed by atoms with Gasteiger partial charge in [0.05, 0.1) is 0 Å². The van der Waals surface area contributed by atoms with Gasteiger partial charge in [0.1, 0.15) is 6.61 Å². The minimum Gasteiger partial charge on any atom is -0.387 e. The lowest BCUT2D eigenvalue weighted by Gasteiger charge is -2.34. The van der Waals surface area contributed by atoms with Crippen LogP contribution in [0.3, 0.4) is 0 Å². The van der Waals surface area contributed by atoms with E-state index in [4.69, 9.17) is 5.11 Å². The molecule has 0 atom stereocenters. The predicted octanol–water partition coefficient (Wildman–Crippen LogP) is 0.940. The van der Waals surface area contributed by atoms with Gasteiger partial charge in [-0.25, -0.2) is 0 Å². The molecule has 0 bridgehead atoms. The highest BCUT2D eigenvalue weighted by Crippen LogP contribution is 2.14. The highest BCUT2D eigenvalue weighted by atomic mass is 16.3. The summed E-state index contributed by atoms with van der Waals surface area (Å²) >= 11 is 0. The molecule has 1 fully saturated rings. The Morgan fingerprint density at radius 1 is 1.21 bits per heavy atom. The molecule has 0 saturated carbocycles. The van der Waals surface area contributed by atoms with Gasteiger partial charge in [0.2, 0.25) is 5.91 Å². The summed E-state index contributed by atoms with van der Waals surface area (Å²) in [5.41, 5.74) is 3.97. The van der Waals surface area contributed by atoms with Crippen LogP contribution >= 0.6 is 0 Å². The van der Waals surface area contributed by atoms with Gasteiger partial charge in [-0.05, 0) is 25.0 Å². The lowest BCUT2D eigenvalue weighted by atomic mass is 10.0. The molecule has 1 heterocycles. The normalized spacial score (nSPS) is 16.7. The second kappa shape index (κ2) is 6.17. The maximum atomic E-state index is 11.4. The lowest BCUT2D eigenvalue weighted by molar-refractivity contribution is -0.135. The summed E-state index contributed by atoms with van der Waals surface area (Å²) in [5.74, 6) is -0.161. The van der Waals surface area contributed by atoms with Crippen LogP contribution in [-0.2, 0) is 11.3 Å². The summed E-state index contributed by atoms with van der Waals surface area (Å²) < 4.78 is 0. The Hall–Kier alpha value is -1.39. The fourth-order valence-electron chi connectivity index (χ4n) is 2.47. The molecule has 1 N–H and O–H groups in total. The van der Waals surface area contributed by atoms with Gasteiger partial charge in [-0.1, -0.05) is 23.8 Å². The number of nitrogens with zero attached hydrogens (tertiary/aromatic N) is 2. The van der Waals surface area contributed by atoms with E-state index < -0.39 is 0 Å². The third-order valence-corrected chi connectivity index (χ3v) is 3.76. The first-order chi connectivity index (χ1) is 9.10. The molecule has 0 radical (unpaired) electrons. The van der Waals surface area contributed by atoms with E-state index in [9.17, 15) is 4.79 Å². The van der Waals surface area contributed by atoms with E-state index in [1.807, 2.05) is 0 Å². The zero-order valence-electron chi connectivity index (χ0n) is 11.7. The van der Waals surface area contributed by atoms with E-state index >= 15 is 0 Å². The van der Waals surface area contributed by atoms with Crippen LogP contribution in [0.2, 0.25) is 0 Å². The number of piperazine rings is 1. The van der Waals surface area contributed by atoms with Crippen LogP contribution in [0.15, 0.2) is 18.2 Å². The first kappa shape index (κ1) is 14.0. The van der Waals surface area contributed by atoms with Crippen LogP contribution in [0, 0.1) is 13.8 Å². The number of hydrogen-bond acceptors (Lipinski definition) is 3. The van der Waals surface area contributed by atoms with E-state index in [-0.39, 0.29) is 12.5 Å². The number of aryl methyl sites for hydroxylation is 2. The van der Waals surface area contributed by atoms with Gasteiger partial charge >= 0.3 is 0 Å². The van der Waals surface area contributed by atoms with Gasteiger partial charge < -0.3 is 10.0 Å². The molecule has 0 aromatic heterocycles. The van der Waals surface area contributed by atoms with Crippen LogP contribution in [0.1, 0.15) is 16.7 Å². The Labute approximate surface area is 114 Å². The number of amides is 1. The van der Waals surface area contributed by atoms with Gasteiger partial charge in [0.15, 0.2) is 0 Å². The van der Waals surface area contributed by atoms with Gasteiger partial charge in [-0.3, -0.25) is 9.69 Å². The summed E-state index contributed by atoms with van der Waals surface area (Å²) in [7, 11) is 0. The molecule has 0 spiro atoms. The van der Waals surface area contributed by atoms with Crippen molar-refractivity contribution in [2.45, 2.75) is 20.4 Å². The van der Waals surface area contributed by atoms with E-state index in [0.717, 1.165) is 19.6 Å². The Bertz CT molecular complexity index is 451. The van der Waals surface area contributed by atoms with Crippen LogP contribution < -0.4 is 0 Å². The van der Waals surface area contributed by atoms with Crippen LogP contribution in [0.25, 0.3) is 0 Å². The topological polar surface area (TPSA) is 43.8 Å². The number of benzene rings is 1. The highest BCUT2D eigenvalue weighted by Gasteiger charge is 2.20. The van der Waals surface area contributed by atoms with Crippen molar-refractivity contribution in [1.82, 2.24) is 9.80 Å². The van der Waals surface area contributed by atoms with Crippen molar-refractivity contribution in [2.75, 3.05) is 32.8 Å². The van der Waals surface area contributed by atoms with Crippen molar-refractivity contribution in [3.63, 3.8) is 0 Å². The number of aliphatic hydroxyl groups excluding tert-OH is 1. The van der Waals surface area contributed by atoms with Gasteiger partial charge in [-0.2, -0.15) is 0 Å². The largest absolute Gasteiger partial charge is 0.387 e. The molecule has 0 aliphatic carbocycles. The Balaban J connectivity index is 1.92. The first-order valence-corrected chi connectivity index (χ1v) is 6.77. The molecule has 104 valence electrons. The van der Waals surface area contributed by atoms with E-state index in [1.54, 1.807) is 4.90 Å². The molecule has 1 aliphatic rings. The third kappa shape index (κ3) is 3.55. The summed E-state index contributed by atoms with van der Waals surface area (Å²) in [6, 6.07) is 6.54. The van der Waals surface area contributed by atoms with E-state index in [0.29, 0.717) is 13.1 Å². The van der Waals surface area contributed by atoms with Crippen LogP contribution in [-0.4, -0.2) is 53.6 Å². The Morgan fingerprint density at radius 3 is 2.53 bits per heavy atom. The standard InChI is InChI=1S/C15H22N2O2/c1-12-3-4-13(2)14(9-12)10-16-5-7-17(8-6-16)15(19)11-18/h3-4,9,18H,5-8,10-11H2,1-2H3. The molecule has 1 saturated heterocycles. The minimum absolute atomic E-state index is 0.161. The van der Waals surface area contributed by atoms with Crippen molar-refractivity contribution >= 4 is 5.91 Å². The average molecular weight is 262 g/mol. The quantitative estimate of drug-likeness (QED) is 0.881. The molecule has 4 heteroatoms. The Morgan fingerprint density at radius 2 is 1.89 bits per heavy atom. The van der Waals surface area contributed by atoms with E-state index in [2.05, 4.69) is 36.9 Å². The number of carbonyl (C=O) groups is 1. The van der Waals surface area contributed by atoms with Crippen molar-refractivity contribution < 1.29 is 9.90 Å². The number of hydrogen-bond donors (Lipinski definition) is 1. The SMILES string of the molecule is Cc1ccc(C)c(CN2CCN(C(=O)CO)CC2)c1. The second-order valence-electron chi connectivity index (χ2n) is 5.24. The molecule has 2 rings (SSSR count). The van der Waals surface area contributed by atoms with Gasteiger partial charge in [-0.15, -0.1) is 0 Å². The predicted molar refractivity (Wildman–Crippen MR) is 74.9 cm³/mol. The summed E-state index contributed by atoms with van der Waals surface area (Å²) in [5, 5.41) is 8.85. The lowest BCUT2D eigenvalue weighted by Crippen LogP contribution is -2.49.